The van der Waals surface area contributed by atoms with Gasteiger partial charge >= 0.3 is 5.97 Å². The first-order valence-corrected chi connectivity index (χ1v) is 13.9. The van der Waals surface area contributed by atoms with Crippen LogP contribution in [0.5, 0.6) is 5.75 Å². The van der Waals surface area contributed by atoms with Crippen molar-refractivity contribution in [2.45, 2.75) is 31.0 Å². The molecule has 4 unspecified atom stereocenters. The zero-order valence-corrected chi connectivity index (χ0v) is 23.3. The Morgan fingerprint density at radius 1 is 1.05 bits per heavy atom. The largest absolute Gasteiger partial charge is 0.484 e. The van der Waals surface area contributed by atoms with E-state index in [1.165, 1.54) is 31.2 Å². The summed E-state index contributed by atoms with van der Waals surface area (Å²) in [6, 6.07) is 20.1. The van der Waals surface area contributed by atoms with Crippen LogP contribution >= 0.6 is 0 Å². The van der Waals surface area contributed by atoms with Gasteiger partial charge in [-0.1, -0.05) is 43.0 Å². The molecule has 0 aliphatic carbocycles. The normalized spacial score (nSPS) is 17.3. The monoisotopic (exact) mass is 592 g/mol. The summed E-state index contributed by atoms with van der Waals surface area (Å²) in [6.45, 7) is 4.74. The molecule has 4 atom stereocenters. The number of para-hydroxylation sites is 2. The lowest BCUT2D eigenvalue weighted by Crippen LogP contribution is -2.76. The highest BCUT2D eigenvalue weighted by Gasteiger charge is 2.56. The molecular formula is C29H28N4O8S. The van der Waals surface area contributed by atoms with Crippen molar-refractivity contribution in [1.82, 2.24) is 10.2 Å². The molecule has 0 radical (unpaired) electrons. The molecule has 0 spiro atoms. The number of nitrogens with one attached hydrogen (secondary N) is 2. The molecule has 12 nitrogen and oxygen atoms in total. The molecule has 3 aromatic carbocycles. The predicted octanol–water partition coefficient (Wildman–Crippen LogP) is 3.09. The van der Waals surface area contributed by atoms with Gasteiger partial charge < -0.3 is 24.4 Å². The SMILES string of the molecule is C=C(C)C(C(=O)OCc1ccc([N+](=O)[O-])cc1)N1C(=O)C(NC(=O)COc2ccccc2)C1S(=O)Nc1ccccc1. The Morgan fingerprint density at radius 2 is 1.67 bits per heavy atom. The first kappa shape index (κ1) is 29.9. The van der Waals surface area contributed by atoms with Gasteiger partial charge in [0, 0.05) is 17.8 Å². The van der Waals surface area contributed by atoms with Gasteiger partial charge in [-0.05, 0) is 54.5 Å². The third kappa shape index (κ3) is 7.18. The molecule has 1 saturated heterocycles. The maximum Gasteiger partial charge on any atom is 0.333 e. The number of hydrogen-bond acceptors (Lipinski definition) is 8. The van der Waals surface area contributed by atoms with Crippen molar-refractivity contribution >= 4 is 40.1 Å². The van der Waals surface area contributed by atoms with Crippen molar-refractivity contribution in [1.29, 1.82) is 0 Å². The summed E-state index contributed by atoms with van der Waals surface area (Å²) < 4.78 is 27.2. The van der Waals surface area contributed by atoms with Gasteiger partial charge in [-0.3, -0.25) is 19.7 Å². The number of rotatable bonds is 13. The standard InChI is InChI=1S/C29H28N4O8S/c1-19(2)26(29(36)41-17-20-13-15-22(16-14-20)33(37)38)32-27(35)25(28(32)42(39)31-21-9-5-3-6-10-21)30-24(34)18-40-23-11-7-4-8-12-23/h3-16,25-26,28,31H,1,17-18H2,2H3,(H,30,34). The molecule has 13 heteroatoms. The zero-order chi connectivity index (χ0) is 30.2. The third-order valence-electron chi connectivity index (χ3n) is 6.22. The van der Waals surface area contributed by atoms with Crippen molar-refractivity contribution in [3.8, 4) is 5.75 Å². The highest BCUT2D eigenvalue weighted by atomic mass is 32.2. The Balaban J connectivity index is 1.50. The van der Waals surface area contributed by atoms with Gasteiger partial charge in [0.05, 0.1) is 4.92 Å². The molecule has 2 N–H and O–H groups in total. The van der Waals surface area contributed by atoms with E-state index in [1.54, 1.807) is 60.7 Å². The summed E-state index contributed by atoms with van der Waals surface area (Å²) in [5.41, 5.74) is 1.12. The third-order valence-corrected chi connectivity index (χ3v) is 7.59. The topological polar surface area (TPSA) is 157 Å². The second-order valence-electron chi connectivity index (χ2n) is 9.33. The first-order chi connectivity index (χ1) is 20.2. The van der Waals surface area contributed by atoms with Crippen molar-refractivity contribution in [3.63, 3.8) is 0 Å². The number of non-ortho nitro benzene ring substituents is 1. The van der Waals surface area contributed by atoms with Crippen LogP contribution in [-0.2, 0) is 36.7 Å². The van der Waals surface area contributed by atoms with E-state index in [-0.39, 0.29) is 24.5 Å². The molecule has 42 heavy (non-hydrogen) atoms. The number of carbonyl (C=O) groups is 3. The predicted molar refractivity (Wildman–Crippen MR) is 154 cm³/mol. The number of β-lactam (4-membered cyclic amide) rings is 1. The fraction of sp³-hybridized carbons (Fsp3) is 0.207. The molecule has 0 bridgehead atoms. The van der Waals surface area contributed by atoms with E-state index in [4.69, 9.17) is 9.47 Å². The number of amides is 2. The number of nitro groups is 1. The minimum absolute atomic E-state index is 0.116. The number of nitro benzene ring substituents is 1. The van der Waals surface area contributed by atoms with Crippen molar-refractivity contribution in [3.05, 3.63) is 113 Å². The summed E-state index contributed by atoms with van der Waals surface area (Å²) in [5, 5.41) is 12.3. The Bertz CT molecular complexity index is 1480. The van der Waals surface area contributed by atoms with E-state index >= 15 is 0 Å². The molecule has 3 aromatic rings. The van der Waals surface area contributed by atoms with E-state index in [0.29, 0.717) is 17.0 Å². The number of hydrogen-bond donors (Lipinski definition) is 2. The van der Waals surface area contributed by atoms with E-state index in [2.05, 4.69) is 16.6 Å². The van der Waals surface area contributed by atoms with E-state index in [1.807, 2.05) is 0 Å². The van der Waals surface area contributed by atoms with Crippen LogP contribution < -0.4 is 14.8 Å². The summed E-state index contributed by atoms with van der Waals surface area (Å²) in [6.07, 6.45) is 0. The number of benzene rings is 3. The first-order valence-electron chi connectivity index (χ1n) is 12.7. The average Bonchev–Trinajstić information content (AvgIpc) is 2.98. The molecule has 0 aromatic heterocycles. The lowest BCUT2D eigenvalue weighted by molar-refractivity contribution is -0.384. The smallest absolute Gasteiger partial charge is 0.333 e. The number of likely N-dealkylation sites (tertiary alicyclic amines) is 1. The van der Waals surface area contributed by atoms with Crippen molar-refractivity contribution < 1.29 is 33.0 Å². The van der Waals surface area contributed by atoms with Crippen LogP contribution in [0, 0.1) is 10.1 Å². The van der Waals surface area contributed by atoms with Gasteiger partial charge in [0.15, 0.2) is 18.0 Å². The summed E-state index contributed by atoms with van der Waals surface area (Å²) in [7, 11) is -1.98. The molecule has 1 fully saturated rings. The Labute approximate surface area is 244 Å². The number of ether oxygens (including phenoxy) is 2. The molecule has 1 aliphatic heterocycles. The van der Waals surface area contributed by atoms with Crippen LogP contribution in [0.3, 0.4) is 0 Å². The van der Waals surface area contributed by atoms with Gasteiger partial charge in [0.25, 0.3) is 17.5 Å². The molecule has 218 valence electrons. The molecule has 1 aliphatic rings. The molecule has 2 amide bonds. The molecule has 1 heterocycles. The number of anilines is 1. The Morgan fingerprint density at radius 3 is 2.26 bits per heavy atom. The van der Waals surface area contributed by atoms with E-state index in [0.717, 1.165) is 4.90 Å². The zero-order valence-electron chi connectivity index (χ0n) is 22.5. The highest BCUT2D eigenvalue weighted by Crippen LogP contribution is 2.30. The van der Waals surface area contributed by atoms with E-state index < -0.39 is 51.2 Å². The van der Waals surface area contributed by atoms with Crippen LogP contribution in [0.25, 0.3) is 0 Å². The second kappa shape index (κ2) is 13.5. The summed E-state index contributed by atoms with van der Waals surface area (Å²) in [5.74, 6) is -1.66. The van der Waals surface area contributed by atoms with Crippen LogP contribution in [0.2, 0.25) is 0 Å². The number of carbonyl (C=O) groups excluding carboxylic acids is 3. The fourth-order valence-corrected chi connectivity index (χ4v) is 5.54. The number of nitrogens with zero attached hydrogens (tertiary/aromatic N) is 2. The van der Waals surface area contributed by atoms with Gasteiger partial charge in [0.1, 0.15) is 29.4 Å². The van der Waals surface area contributed by atoms with Gasteiger partial charge in [0.2, 0.25) is 0 Å². The molecule has 4 rings (SSSR count). The van der Waals surface area contributed by atoms with Crippen LogP contribution in [0.1, 0.15) is 12.5 Å². The van der Waals surface area contributed by atoms with E-state index in [9.17, 15) is 28.7 Å². The van der Waals surface area contributed by atoms with Crippen molar-refractivity contribution in [2.24, 2.45) is 0 Å². The lowest BCUT2D eigenvalue weighted by Gasteiger charge is -2.48. The second-order valence-corrected chi connectivity index (χ2v) is 10.6. The van der Waals surface area contributed by atoms with Gasteiger partial charge in [-0.2, -0.15) is 0 Å². The molecular weight excluding hydrogens is 564 g/mol. The quantitative estimate of drug-likeness (QED) is 0.101. The average molecular weight is 593 g/mol. The minimum atomic E-state index is -1.98. The van der Waals surface area contributed by atoms with Crippen LogP contribution in [0.4, 0.5) is 11.4 Å². The summed E-state index contributed by atoms with van der Waals surface area (Å²) >= 11 is 0. The Kier molecular flexibility index (Phi) is 9.65. The highest BCUT2D eigenvalue weighted by molar-refractivity contribution is 7.87. The minimum Gasteiger partial charge on any atom is -0.484 e. The van der Waals surface area contributed by atoms with Crippen molar-refractivity contribution in [2.75, 3.05) is 11.3 Å². The lowest BCUT2D eigenvalue weighted by atomic mass is 9.99. The fourth-order valence-electron chi connectivity index (χ4n) is 4.18. The maximum absolute atomic E-state index is 13.5. The number of esters is 1. The van der Waals surface area contributed by atoms with Gasteiger partial charge in [-0.15, -0.1) is 0 Å². The van der Waals surface area contributed by atoms with Crippen LogP contribution in [-0.4, -0.2) is 55.9 Å². The summed E-state index contributed by atoms with van der Waals surface area (Å²) in [4.78, 5) is 50.7. The Hall–Kier alpha value is -5.04. The molecule has 0 saturated carbocycles. The van der Waals surface area contributed by atoms with Crippen LogP contribution in [0.15, 0.2) is 97.1 Å². The van der Waals surface area contributed by atoms with Gasteiger partial charge in [-0.25, -0.2) is 9.00 Å². The maximum atomic E-state index is 13.5.